The Morgan fingerprint density at radius 2 is 0.700 bits per heavy atom. The highest BCUT2D eigenvalue weighted by Gasteiger charge is 2.32. The number of imide groups is 2. The van der Waals surface area contributed by atoms with Gasteiger partial charge < -0.3 is 61.7 Å². The molecule has 2 heterocycles. The zero-order valence-electron chi connectivity index (χ0n) is 34.7. The standard InChI is InChI=1S/C39H64N2O19/c42-34(7-9-40-35(43)3-4-36(40)44)2-1-10-48-12-14-50-16-18-52-20-22-54-24-26-56-28-30-58-32-33-59-31-29-57-27-25-55-23-21-53-19-17-51-15-13-49-11-8-39(47)60-41-37(45)5-6-38(41)46/h3-4H,1-2,5-33H2. The number of rotatable bonds is 44. The van der Waals surface area contributed by atoms with Gasteiger partial charge >= 0.3 is 5.97 Å². The molecule has 0 unspecified atom stereocenters. The van der Waals surface area contributed by atoms with Crippen LogP contribution < -0.4 is 0 Å². The molecule has 0 spiro atoms. The number of carbonyl (C=O) groups is 6. The lowest BCUT2D eigenvalue weighted by molar-refractivity contribution is -0.198. The SMILES string of the molecule is O=C(CCCOCCOCCOCCOCCOCCOCCOCCOCCOCCOCCOCCOCCC(=O)ON1C(=O)CCC1=O)CCN1C(=O)C=CC1=O. The number of amides is 4. The maximum absolute atomic E-state index is 11.9. The molecule has 0 aromatic heterocycles. The molecular weight excluding hydrogens is 800 g/mol. The number of ether oxygens (including phenoxy) is 12. The van der Waals surface area contributed by atoms with Crippen molar-refractivity contribution < 1.29 is 90.4 Å². The number of hydrogen-bond donors (Lipinski definition) is 0. The van der Waals surface area contributed by atoms with Crippen LogP contribution in [0.3, 0.4) is 0 Å². The fourth-order valence-electron chi connectivity index (χ4n) is 4.87. The molecule has 60 heavy (non-hydrogen) atoms. The first-order valence-electron chi connectivity index (χ1n) is 20.4. The van der Waals surface area contributed by atoms with Crippen LogP contribution in [0.2, 0.25) is 0 Å². The molecule has 21 heteroatoms. The Kier molecular flexibility index (Phi) is 33.0. The predicted molar refractivity (Wildman–Crippen MR) is 206 cm³/mol. The summed E-state index contributed by atoms with van der Waals surface area (Å²) in [6.07, 6.45) is 3.50. The van der Waals surface area contributed by atoms with Gasteiger partial charge in [-0.3, -0.25) is 28.9 Å². The van der Waals surface area contributed by atoms with Gasteiger partial charge in [-0.15, -0.1) is 5.06 Å². The highest BCUT2D eigenvalue weighted by atomic mass is 16.7. The second kappa shape index (κ2) is 37.4. The smallest absolute Gasteiger partial charge is 0.335 e. The number of carbonyl (C=O) groups excluding carboxylic acids is 6. The van der Waals surface area contributed by atoms with E-state index in [1.165, 1.54) is 12.2 Å². The van der Waals surface area contributed by atoms with Crippen LogP contribution in [-0.2, 0) is 90.4 Å². The minimum Gasteiger partial charge on any atom is -0.379 e. The Labute approximate surface area is 351 Å². The average Bonchev–Trinajstić information content (AvgIpc) is 3.74. The highest BCUT2D eigenvalue weighted by molar-refractivity contribution is 6.13. The Balaban J connectivity index is 1.14. The second-order valence-electron chi connectivity index (χ2n) is 12.7. The third kappa shape index (κ3) is 29.0. The minimum atomic E-state index is -0.707. The lowest BCUT2D eigenvalue weighted by Crippen LogP contribution is -2.32. The van der Waals surface area contributed by atoms with E-state index in [1.54, 1.807) is 0 Å². The highest BCUT2D eigenvalue weighted by Crippen LogP contribution is 2.12. The third-order valence-corrected chi connectivity index (χ3v) is 8.00. The van der Waals surface area contributed by atoms with E-state index in [1.807, 2.05) is 0 Å². The second-order valence-corrected chi connectivity index (χ2v) is 12.7. The molecule has 2 aliphatic rings. The average molecular weight is 865 g/mol. The summed E-state index contributed by atoms with van der Waals surface area (Å²) >= 11 is 0. The molecule has 0 aromatic rings. The topological polar surface area (TPSA) is 229 Å². The largest absolute Gasteiger partial charge is 0.379 e. The third-order valence-electron chi connectivity index (χ3n) is 8.00. The van der Waals surface area contributed by atoms with Gasteiger partial charge in [0.2, 0.25) is 0 Å². The Morgan fingerprint density at radius 1 is 0.400 bits per heavy atom. The van der Waals surface area contributed by atoms with Gasteiger partial charge in [0.05, 0.1) is 158 Å². The Bertz CT molecular complexity index is 1190. The van der Waals surface area contributed by atoms with Crippen LogP contribution in [0.25, 0.3) is 0 Å². The van der Waals surface area contributed by atoms with Crippen molar-refractivity contribution in [3.63, 3.8) is 0 Å². The predicted octanol–water partition coefficient (Wildman–Crippen LogP) is -0.153. The summed E-state index contributed by atoms with van der Waals surface area (Å²) in [6, 6.07) is 0. The van der Waals surface area contributed by atoms with Crippen LogP contribution in [0.15, 0.2) is 12.2 Å². The maximum Gasteiger partial charge on any atom is 0.335 e. The van der Waals surface area contributed by atoms with Gasteiger partial charge in [0, 0.05) is 51.0 Å². The van der Waals surface area contributed by atoms with Crippen LogP contribution in [-0.4, -0.2) is 210 Å². The molecule has 0 bridgehead atoms. The molecule has 0 atom stereocenters. The minimum absolute atomic E-state index is 0.0121. The van der Waals surface area contributed by atoms with Crippen LogP contribution in [0, 0.1) is 0 Å². The molecular formula is C39H64N2O19. The lowest BCUT2D eigenvalue weighted by atomic mass is 10.1. The quantitative estimate of drug-likeness (QED) is 0.0573. The molecule has 4 amide bonds. The summed E-state index contributed by atoms with van der Waals surface area (Å²) in [7, 11) is 0. The first-order chi connectivity index (χ1) is 29.4. The van der Waals surface area contributed by atoms with Crippen molar-refractivity contribution in [1.82, 2.24) is 9.96 Å². The first kappa shape index (κ1) is 52.8. The van der Waals surface area contributed by atoms with Crippen molar-refractivity contribution in [2.45, 2.75) is 38.5 Å². The van der Waals surface area contributed by atoms with E-state index in [2.05, 4.69) is 0 Å². The fourth-order valence-corrected chi connectivity index (χ4v) is 4.87. The van der Waals surface area contributed by atoms with Crippen molar-refractivity contribution in [1.29, 1.82) is 0 Å². The van der Waals surface area contributed by atoms with Crippen molar-refractivity contribution in [3.8, 4) is 0 Å². The van der Waals surface area contributed by atoms with E-state index in [-0.39, 0.29) is 63.0 Å². The summed E-state index contributed by atoms with van der Waals surface area (Å²) in [5.74, 6) is -2.51. The molecule has 0 aromatic carbocycles. The van der Waals surface area contributed by atoms with E-state index in [0.29, 0.717) is 163 Å². The van der Waals surface area contributed by atoms with Crippen molar-refractivity contribution in [2.75, 3.05) is 165 Å². The molecule has 0 N–H and O–H groups in total. The number of hydrogen-bond acceptors (Lipinski definition) is 19. The normalized spacial score (nSPS) is 14.1. The van der Waals surface area contributed by atoms with Crippen LogP contribution in [0.5, 0.6) is 0 Å². The van der Waals surface area contributed by atoms with Crippen LogP contribution >= 0.6 is 0 Å². The van der Waals surface area contributed by atoms with Gasteiger partial charge in [0.15, 0.2) is 0 Å². The number of hydroxylamine groups is 2. The number of ketones is 1. The molecule has 0 aliphatic carbocycles. The summed E-state index contributed by atoms with van der Waals surface area (Å²) < 4.78 is 65.3. The monoisotopic (exact) mass is 864 g/mol. The van der Waals surface area contributed by atoms with Gasteiger partial charge in [0.25, 0.3) is 23.6 Å². The summed E-state index contributed by atoms with van der Waals surface area (Å²) in [5, 5.41) is 0.514. The van der Waals surface area contributed by atoms with Gasteiger partial charge in [-0.1, -0.05) is 0 Å². The van der Waals surface area contributed by atoms with Crippen molar-refractivity contribution in [2.24, 2.45) is 0 Å². The van der Waals surface area contributed by atoms with Gasteiger partial charge in [0.1, 0.15) is 5.78 Å². The lowest BCUT2D eigenvalue weighted by Gasteiger charge is -2.12. The van der Waals surface area contributed by atoms with E-state index in [0.717, 1.165) is 4.90 Å². The maximum atomic E-state index is 11.9. The van der Waals surface area contributed by atoms with Gasteiger partial charge in [-0.2, -0.15) is 0 Å². The fraction of sp³-hybridized carbons (Fsp3) is 0.795. The molecule has 0 radical (unpaired) electrons. The molecule has 2 rings (SSSR count). The zero-order chi connectivity index (χ0) is 43.1. The number of Topliss-reactive ketones (excluding diaryl/α,β-unsaturated/α-hetero) is 1. The summed E-state index contributed by atoms with van der Waals surface area (Å²) in [6.45, 7) is 10.0. The van der Waals surface area contributed by atoms with Crippen LogP contribution in [0.4, 0.5) is 0 Å². The summed E-state index contributed by atoms with van der Waals surface area (Å²) in [5.41, 5.74) is 0. The molecule has 1 fully saturated rings. The van der Waals surface area contributed by atoms with Crippen molar-refractivity contribution in [3.05, 3.63) is 12.2 Å². The Morgan fingerprint density at radius 3 is 1.03 bits per heavy atom. The molecule has 344 valence electrons. The first-order valence-corrected chi connectivity index (χ1v) is 20.4. The molecule has 1 saturated heterocycles. The molecule has 0 saturated carbocycles. The van der Waals surface area contributed by atoms with Crippen LogP contribution in [0.1, 0.15) is 38.5 Å². The van der Waals surface area contributed by atoms with Gasteiger partial charge in [-0.05, 0) is 6.42 Å². The van der Waals surface area contributed by atoms with E-state index in [4.69, 9.17) is 61.7 Å². The van der Waals surface area contributed by atoms with E-state index >= 15 is 0 Å². The molecule has 2 aliphatic heterocycles. The van der Waals surface area contributed by atoms with Gasteiger partial charge in [-0.25, -0.2) is 4.79 Å². The summed E-state index contributed by atoms with van der Waals surface area (Å²) in [4.78, 5) is 75.2. The molecule has 21 nitrogen and oxygen atoms in total. The zero-order valence-corrected chi connectivity index (χ0v) is 34.7. The number of nitrogens with zero attached hydrogens (tertiary/aromatic N) is 2. The van der Waals surface area contributed by atoms with E-state index < -0.39 is 17.8 Å². The van der Waals surface area contributed by atoms with Crippen molar-refractivity contribution >= 4 is 35.4 Å². The van der Waals surface area contributed by atoms with E-state index in [9.17, 15) is 28.8 Å². The Hall–Kier alpha value is -3.32.